The topological polar surface area (TPSA) is 32.8 Å². The average molecular weight is 350 g/mol. The van der Waals surface area contributed by atoms with Gasteiger partial charge in [-0.3, -0.25) is 9.69 Å². The minimum Gasteiger partial charge on any atom is -0.497 e. The van der Waals surface area contributed by atoms with Crippen molar-refractivity contribution in [1.82, 2.24) is 9.80 Å². The summed E-state index contributed by atoms with van der Waals surface area (Å²) in [4.78, 5) is 17.5. The van der Waals surface area contributed by atoms with E-state index in [9.17, 15) is 4.79 Å². The number of hydrogen-bond donors (Lipinski definition) is 0. The summed E-state index contributed by atoms with van der Waals surface area (Å²) in [5.74, 6) is 1.36. The number of amides is 1. The quantitative estimate of drug-likeness (QED) is 0.849. The van der Waals surface area contributed by atoms with E-state index >= 15 is 0 Å². The van der Waals surface area contributed by atoms with Crippen LogP contribution in [0.3, 0.4) is 0 Å². The van der Waals surface area contributed by atoms with Crippen LogP contribution in [0.25, 0.3) is 0 Å². The van der Waals surface area contributed by atoms with Gasteiger partial charge in [-0.05, 0) is 48.2 Å². The van der Waals surface area contributed by atoms with E-state index in [-0.39, 0.29) is 5.92 Å². The van der Waals surface area contributed by atoms with Crippen LogP contribution < -0.4 is 4.74 Å². The Balaban J connectivity index is 1.36. The van der Waals surface area contributed by atoms with Crippen molar-refractivity contribution in [2.45, 2.75) is 25.9 Å². The number of hydrogen-bond acceptors (Lipinski definition) is 3. The summed E-state index contributed by atoms with van der Waals surface area (Å²) in [5.41, 5.74) is 3.89. The van der Waals surface area contributed by atoms with Crippen LogP contribution in [0.2, 0.25) is 0 Å². The van der Waals surface area contributed by atoms with Crippen molar-refractivity contribution >= 4 is 5.91 Å². The van der Waals surface area contributed by atoms with Gasteiger partial charge >= 0.3 is 0 Å². The second-order valence-electron chi connectivity index (χ2n) is 7.35. The number of benzene rings is 2. The number of nitrogens with zero attached hydrogens (tertiary/aromatic N) is 2. The van der Waals surface area contributed by atoms with Crippen molar-refractivity contribution in [3.05, 3.63) is 65.2 Å². The minimum atomic E-state index is 0.138. The molecule has 0 aromatic heterocycles. The number of ether oxygens (including phenoxy) is 1. The van der Waals surface area contributed by atoms with Crippen LogP contribution in [0.15, 0.2) is 48.5 Å². The maximum atomic E-state index is 13.0. The summed E-state index contributed by atoms with van der Waals surface area (Å²) in [6.07, 6.45) is 1.89. The Hall–Kier alpha value is -2.33. The second kappa shape index (κ2) is 7.50. The molecule has 136 valence electrons. The molecule has 1 unspecified atom stereocenters. The molecular formula is C22H26N2O2. The highest BCUT2D eigenvalue weighted by Gasteiger charge is 2.32. The zero-order valence-electron chi connectivity index (χ0n) is 15.4. The van der Waals surface area contributed by atoms with Crippen molar-refractivity contribution in [3.63, 3.8) is 0 Å². The van der Waals surface area contributed by atoms with Gasteiger partial charge in [-0.2, -0.15) is 0 Å². The molecule has 4 nitrogen and oxygen atoms in total. The molecule has 1 amide bonds. The van der Waals surface area contributed by atoms with Gasteiger partial charge in [-0.1, -0.05) is 36.4 Å². The van der Waals surface area contributed by atoms with E-state index in [0.29, 0.717) is 5.91 Å². The van der Waals surface area contributed by atoms with Gasteiger partial charge in [0, 0.05) is 26.2 Å². The average Bonchev–Trinajstić information content (AvgIpc) is 3.15. The molecule has 1 saturated heterocycles. The summed E-state index contributed by atoms with van der Waals surface area (Å²) in [5, 5.41) is 0. The summed E-state index contributed by atoms with van der Waals surface area (Å²) in [6, 6.07) is 16.7. The Morgan fingerprint density at radius 1 is 1.12 bits per heavy atom. The van der Waals surface area contributed by atoms with E-state index in [1.807, 2.05) is 17.0 Å². The highest BCUT2D eigenvalue weighted by atomic mass is 16.5. The summed E-state index contributed by atoms with van der Waals surface area (Å²) >= 11 is 0. The van der Waals surface area contributed by atoms with Gasteiger partial charge in [0.1, 0.15) is 5.75 Å². The fraction of sp³-hybridized carbons (Fsp3) is 0.409. The number of methoxy groups -OCH3 is 1. The van der Waals surface area contributed by atoms with E-state index in [0.717, 1.165) is 51.3 Å². The van der Waals surface area contributed by atoms with Gasteiger partial charge in [0.2, 0.25) is 5.91 Å². The molecule has 26 heavy (non-hydrogen) atoms. The molecule has 2 aromatic rings. The molecule has 4 rings (SSSR count). The van der Waals surface area contributed by atoms with Crippen molar-refractivity contribution in [3.8, 4) is 5.75 Å². The lowest BCUT2D eigenvalue weighted by Gasteiger charge is -2.31. The maximum Gasteiger partial charge on any atom is 0.227 e. The highest BCUT2D eigenvalue weighted by Crippen LogP contribution is 2.27. The van der Waals surface area contributed by atoms with Gasteiger partial charge in [-0.25, -0.2) is 0 Å². The van der Waals surface area contributed by atoms with Crippen LogP contribution in [-0.2, 0) is 24.3 Å². The number of fused-ring (bicyclic) bond motifs is 1. The predicted molar refractivity (Wildman–Crippen MR) is 102 cm³/mol. The molecule has 2 aliphatic rings. The minimum absolute atomic E-state index is 0.138. The second-order valence-corrected chi connectivity index (χ2v) is 7.35. The zero-order chi connectivity index (χ0) is 17.9. The van der Waals surface area contributed by atoms with Crippen molar-refractivity contribution in [1.29, 1.82) is 0 Å². The monoisotopic (exact) mass is 350 g/mol. The van der Waals surface area contributed by atoms with E-state index in [2.05, 4.69) is 41.3 Å². The highest BCUT2D eigenvalue weighted by molar-refractivity contribution is 5.79. The molecule has 0 N–H and O–H groups in total. The molecular weight excluding hydrogens is 324 g/mol. The number of carbonyl (C=O) groups excluding carboxylic acids is 1. The number of rotatable bonds is 4. The molecule has 2 heterocycles. The smallest absolute Gasteiger partial charge is 0.227 e. The van der Waals surface area contributed by atoms with Gasteiger partial charge in [0.05, 0.1) is 13.0 Å². The lowest BCUT2D eigenvalue weighted by Crippen LogP contribution is -2.40. The van der Waals surface area contributed by atoms with E-state index < -0.39 is 0 Å². The molecule has 0 aliphatic carbocycles. The molecule has 4 heteroatoms. The molecule has 2 aromatic carbocycles. The predicted octanol–water partition coefficient (Wildman–Crippen LogP) is 3.10. The first kappa shape index (κ1) is 17.1. The summed E-state index contributed by atoms with van der Waals surface area (Å²) < 4.78 is 5.31. The zero-order valence-corrected chi connectivity index (χ0v) is 15.4. The first-order chi connectivity index (χ1) is 12.7. The third-order valence-electron chi connectivity index (χ3n) is 5.61. The Bertz CT molecular complexity index is 775. The molecule has 0 radical (unpaired) electrons. The van der Waals surface area contributed by atoms with Crippen LogP contribution in [0.4, 0.5) is 0 Å². The van der Waals surface area contributed by atoms with Crippen LogP contribution >= 0.6 is 0 Å². The van der Waals surface area contributed by atoms with Gasteiger partial charge in [0.15, 0.2) is 0 Å². The SMILES string of the molecule is COc1ccc2c(c1)CCN(C(=O)C1CCN(Cc3ccccc3)C1)C2. The largest absolute Gasteiger partial charge is 0.497 e. The summed E-state index contributed by atoms with van der Waals surface area (Å²) in [6.45, 7) is 4.36. The Labute approximate surface area is 155 Å². The molecule has 0 saturated carbocycles. The molecule has 1 fully saturated rings. The normalized spacial score (nSPS) is 20.0. The Morgan fingerprint density at radius 2 is 1.96 bits per heavy atom. The van der Waals surface area contributed by atoms with Gasteiger partial charge < -0.3 is 9.64 Å². The van der Waals surface area contributed by atoms with Crippen LogP contribution in [0.1, 0.15) is 23.1 Å². The third-order valence-corrected chi connectivity index (χ3v) is 5.61. The van der Waals surface area contributed by atoms with Crippen LogP contribution in [0, 0.1) is 5.92 Å². The van der Waals surface area contributed by atoms with Crippen molar-refractivity contribution < 1.29 is 9.53 Å². The Morgan fingerprint density at radius 3 is 2.77 bits per heavy atom. The van der Waals surface area contributed by atoms with Crippen LogP contribution in [-0.4, -0.2) is 42.5 Å². The van der Waals surface area contributed by atoms with E-state index in [4.69, 9.17) is 4.74 Å². The standard InChI is InChI=1S/C22H26N2O2/c1-26-21-8-7-19-16-24(12-10-18(19)13-21)22(25)20-9-11-23(15-20)14-17-5-3-2-4-6-17/h2-8,13,20H,9-12,14-16H2,1H3. The fourth-order valence-corrected chi connectivity index (χ4v) is 4.12. The molecule has 0 bridgehead atoms. The van der Waals surface area contributed by atoms with Crippen LogP contribution in [0.5, 0.6) is 5.75 Å². The van der Waals surface area contributed by atoms with Gasteiger partial charge in [-0.15, -0.1) is 0 Å². The van der Waals surface area contributed by atoms with Crippen molar-refractivity contribution in [2.24, 2.45) is 5.92 Å². The molecule has 1 atom stereocenters. The number of likely N-dealkylation sites (tertiary alicyclic amines) is 1. The fourth-order valence-electron chi connectivity index (χ4n) is 4.12. The maximum absolute atomic E-state index is 13.0. The Kier molecular flexibility index (Phi) is 4.93. The lowest BCUT2D eigenvalue weighted by molar-refractivity contribution is -0.136. The van der Waals surface area contributed by atoms with E-state index in [1.165, 1.54) is 16.7 Å². The lowest BCUT2D eigenvalue weighted by atomic mass is 9.97. The molecule has 0 spiro atoms. The summed E-state index contributed by atoms with van der Waals surface area (Å²) in [7, 11) is 1.70. The third kappa shape index (κ3) is 3.61. The van der Waals surface area contributed by atoms with Crippen molar-refractivity contribution in [2.75, 3.05) is 26.7 Å². The first-order valence-electron chi connectivity index (χ1n) is 9.44. The number of carbonyl (C=O) groups is 1. The first-order valence-corrected chi connectivity index (χ1v) is 9.44. The van der Waals surface area contributed by atoms with Gasteiger partial charge in [0.25, 0.3) is 0 Å². The molecule has 2 aliphatic heterocycles. The van der Waals surface area contributed by atoms with E-state index in [1.54, 1.807) is 7.11 Å².